The van der Waals surface area contributed by atoms with Gasteiger partial charge < -0.3 is 15.0 Å². The van der Waals surface area contributed by atoms with Crippen LogP contribution in [-0.4, -0.2) is 73.3 Å². The first-order valence-corrected chi connectivity index (χ1v) is 8.98. The smallest absolute Gasteiger partial charge is 0.261 e. The molecule has 1 aromatic rings. The van der Waals surface area contributed by atoms with Crippen LogP contribution in [0.2, 0.25) is 0 Å². The van der Waals surface area contributed by atoms with Crippen molar-refractivity contribution in [3.63, 3.8) is 0 Å². The summed E-state index contributed by atoms with van der Waals surface area (Å²) in [5, 5.41) is 2.66. The highest BCUT2D eigenvalue weighted by atomic mass is 16.5. The van der Waals surface area contributed by atoms with Crippen molar-refractivity contribution < 1.29 is 23.9 Å². The lowest BCUT2D eigenvalue weighted by Gasteiger charge is -2.17. The maximum Gasteiger partial charge on any atom is 0.261 e. The fourth-order valence-corrected chi connectivity index (χ4v) is 3.20. The molecule has 8 heteroatoms. The molecule has 0 saturated carbocycles. The van der Waals surface area contributed by atoms with E-state index in [1.807, 2.05) is 0 Å². The van der Waals surface area contributed by atoms with Gasteiger partial charge in [0.1, 0.15) is 0 Å². The molecule has 144 valence electrons. The van der Waals surface area contributed by atoms with Crippen LogP contribution in [0.4, 0.5) is 0 Å². The molecule has 0 aliphatic carbocycles. The molecule has 1 fully saturated rings. The molecule has 0 radical (unpaired) electrons. The van der Waals surface area contributed by atoms with Gasteiger partial charge in [0.25, 0.3) is 17.7 Å². The summed E-state index contributed by atoms with van der Waals surface area (Å²) < 4.78 is 5.51. The Kier molecular flexibility index (Phi) is 5.55. The average Bonchev–Trinajstić information content (AvgIpc) is 3.24. The van der Waals surface area contributed by atoms with E-state index in [-0.39, 0.29) is 54.5 Å². The molecule has 1 aromatic carbocycles. The van der Waals surface area contributed by atoms with E-state index in [4.69, 9.17) is 4.74 Å². The fraction of sp³-hybridized carbons (Fsp3) is 0.474. The zero-order valence-electron chi connectivity index (χ0n) is 15.5. The second-order valence-electron chi connectivity index (χ2n) is 6.91. The zero-order valence-corrected chi connectivity index (χ0v) is 15.5. The largest absolute Gasteiger partial charge is 0.376 e. The van der Waals surface area contributed by atoms with Crippen molar-refractivity contribution in [2.75, 3.05) is 33.8 Å². The van der Waals surface area contributed by atoms with Gasteiger partial charge in [-0.25, -0.2) is 0 Å². The Labute approximate surface area is 157 Å². The molecule has 2 aliphatic heterocycles. The second kappa shape index (κ2) is 7.87. The first-order chi connectivity index (χ1) is 12.9. The number of hydrogen-bond acceptors (Lipinski definition) is 5. The van der Waals surface area contributed by atoms with Crippen molar-refractivity contribution in [1.29, 1.82) is 0 Å². The number of ether oxygens (including phenoxy) is 1. The van der Waals surface area contributed by atoms with E-state index in [2.05, 4.69) is 5.32 Å². The number of fused-ring (bicyclic) bond motifs is 1. The lowest BCUT2D eigenvalue weighted by Crippen LogP contribution is -2.36. The van der Waals surface area contributed by atoms with E-state index in [0.717, 1.165) is 12.8 Å². The molecule has 0 spiro atoms. The number of imide groups is 1. The van der Waals surface area contributed by atoms with Crippen LogP contribution in [0.5, 0.6) is 0 Å². The van der Waals surface area contributed by atoms with Gasteiger partial charge >= 0.3 is 0 Å². The summed E-state index contributed by atoms with van der Waals surface area (Å²) in [7, 11) is 3.30. The highest BCUT2D eigenvalue weighted by molar-refractivity contribution is 6.22. The van der Waals surface area contributed by atoms with Crippen molar-refractivity contribution in [3.8, 4) is 0 Å². The van der Waals surface area contributed by atoms with Gasteiger partial charge in [-0.15, -0.1) is 0 Å². The molecule has 2 aliphatic rings. The van der Waals surface area contributed by atoms with Gasteiger partial charge in [0.2, 0.25) is 5.91 Å². The first kappa shape index (κ1) is 19.0. The highest BCUT2D eigenvalue weighted by Gasteiger charge is 2.37. The van der Waals surface area contributed by atoms with Gasteiger partial charge in [-0.2, -0.15) is 0 Å². The van der Waals surface area contributed by atoms with Gasteiger partial charge in [0.15, 0.2) is 0 Å². The van der Waals surface area contributed by atoms with Crippen molar-refractivity contribution >= 4 is 23.6 Å². The number of amides is 4. The molecule has 0 aromatic heterocycles. The number of rotatable bonds is 6. The lowest BCUT2D eigenvalue weighted by atomic mass is 10.1. The van der Waals surface area contributed by atoms with Crippen molar-refractivity contribution in [2.24, 2.45) is 0 Å². The second-order valence-corrected chi connectivity index (χ2v) is 6.91. The highest BCUT2D eigenvalue weighted by Crippen LogP contribution is 2.26. The summed E-state index contributed by atoms with van der Waals surface area (Å²) in [4.78, 5) is 51.6. The van der Waals surface area contributed by atoms with E-state index in [1.165, 1.54) is 28.0 Å². The monoisotopic (exact) mass is 373 g/mol. The predicted octanol–water partition coefficient (Wildman–Crippen LogP) is 0.670. The lowest BCUT2D eigenvalue weighted by molar-refractivity contribution is -0.128. The Morgan fingerprint density at radius 3 is 2.63 bits per heavy atom. The third-order valence-electron chi connectivity index (χ3n) is 4.77. The van der Waals surface area contributed by atoms with Gasteiger partial charge in [0.05, 0.1) is 23.8 Å². The topological polar surface area (TPSA) is 96.0 Å². The van der Waals surface area contributed by atoms with Crippen LogP contribution in [0.15, 0.2) is 18.2 Å². The van der Waals surface area contributed by atoms with Gasteiger partial charge in [-0.05, 0) is 31.0 Å². The Bertz CT molecular complexity index is 784. The molecule has 2 heterocycles. The SMILES string of the molecule is CN(C)C(=O)CCNC(=O)c1ccc2c(c1)C(=O)N(CC1CCCO1)C2=O. The van der Waals surface area contributed by atoms with Crippen LogP contribution in [-0.2, 0) is 9.53 Å². The Balaban J connectivity index is 1.66. The molecule has 1 saturated heterocycles. The summed E-state index contributed by atoms with van der Waals surface area (Å²) in [6.07, 6.45) is 1.82. The maximum absolute atomic E-state index is 12.6. The first-order valence-electron chi connectivity index (χ1n) is 8.98. The minimum atomic E-state index is -0.400. The van der Waals surface area contributed by atoms with Crippen LogP contribution >= 0.6 is 0 Å². The van der Waals surface area contributed by atoms with E-state index in [9.17, 15) is 19.2 Å². The van der Waals surface area contributed by atoms with E-state index in [1.54, 1.807) is 14.1 Å². The fourth-order valence-electron chi connectivity index (χ4n) is 3.20. The normalized spacial score (nSPS) is 18.6. The van der Waals surface area contributed by atoms with Gasteiger partial charge in [-0.1, -0.05) is 0 Å². The van der Waals surface area contributed by atoms with Crippen LogP contribution in [0, 0.1) is 0 Å². The van der Waals surface area contributed by atoms with E-state index in [0.29, 0.717) is 12.2 Å². The summed E-state index contributed by atoms with van der Waals surface area (Å²) >= 11 is 0. The number of carbonyl (C=O) groups excluding carboxylic acids is 4. The van der Waals surface area contributed by atoms with Crippen LogP contribution in [0.3, 0.4) is 0 Å². The summed E-state index contributed by atoms with van der Waals surface area (Å²) in [5.41, 5.74) is 0.818. The molecule has 1 unspecified atom stereocenters. The predicted molar refractivity (Wildman–Crippen MR) is 96.4 cm³/mol. The average molecular weight is 373 g/mol. The van der Waals surface area contributed by atoms with E-state index >= 15 is 0 Å². The molecular weight excluding hydrogens is 350 g/mol. The maximum atomic E-state index is 12.6. The van der Waals surface area contributed by atoms with Crippen LogP contribution in [0.25, 0.3) is 0 Å². The molecule has 3 rings (SSSR count). The molecule has 1 atom stereocenters. The molecular formula is C19H23N3O5. The third kappa shape index (κ3) is 4.00. The molecule has 0 bridgehead atoms. The van der Waals surface area contributed by atoms with E-state index < -0.39 is 5.91 Å². The quantitative estimate of drug-likeness (QED) is 0.740. The minimum absolute atomic E-state index is 0.0881. The summed E-state index contributed by atoms with van der Waals surface area (Å²) in [6, 6.07) is 4.46. The molecule has 4 amide bonds. The standard InChI is InChI=1S/C19H23N3O5/c1-21(2)16(23)7-8-20-17(24)12-5-6-14-15(10-12)19(26)22(18(14)25)11-13-4-3-9-27-13/h5-6,10,13H,3-4,7-9,11H2,1-2H3,(H,20,24). The number of nitrogens with zero attached hydrogens (tertiary/aromatic N) is 2. The Hall–Kier alpha value is -2.74. The number of benzene rings is 1. The van der Waals surface area contributed by atoms with Gasteiger partial charge in [-0.3, -0.25) is 24.1 Å². The zero-order chi connectivity index (χ0) is 19.6. The molecule has 1 N–H and O–H groups in total. The van der Waals surface area contributed by atoms with Crippen LogP contribution < -0.4 is 5.32 Å². The Morgan fingerprint density at radius 2 is 1.96 bits per heavy atom. The van der Waals surface area contributed by atoms with Gasteiger partial charge in [0, 0.05) is 39.2 Å². The number of hydrogen-bond donors (Lipinski definition) is 1. The van der Waals surface area contributed by atoms with Crippen molar-refractivity contribution in [1.82, 2.24) is 15.1 Å². The minimum Gasteiger partial charge on any atom is -0.376 e. The summed E-state index contributed by atoms with van der Waals surface area (Å²) in [6.45, 7) is 1.08. The third-order valence-corrected chi connectivity index (χ3v) is 4.77. The number of carbonyl (C=O) groups is 4. The summed E-state index contributed by atoms with van der Waals surface area (Å²) in [5.74, 6) is -1.23. The van der Waals surface area contributed by atoms with Crippen molar-refractivity contribution in [2.45, 2.75) is 25.4 Å². The molecule has 27 heavy (non-hydrogen) atoms. The Morgan fingerprint density at radius 1 is 1.22 bits per heavy atom. The van der Waals surface area contributed by atoms with Crippen LogP contribution in [0.1, 0.15) is 50.3 Å². The molecule has 8 nitrogen and oxygen atoms in total. The van der Waals surface area contributed by atoms with Crippen molar-refractivity contribution in [3.05, 3.63) is 34.9 Å². The number of nitrogens with one attached hydrogen (secondary N) is 1.